The molecule has 2 aromatic carbocycles. The number of nitrogens with zero attached hydrogens (tertiary/aromatic N) is 2. The van der Waals surface area contributed by atoms with Crippen LogP contribution < -0.4 is 9.62 Å². The van der Waals surface area contributed by atoms with Gasteiger partial charge in [-0.2, -0.15) is 0 Å². The van der Waals surface area contributed by atoms with Crippen molar-refractivity contribution < 1.29 is 18.0 Å². The van der Waals surface area contributed by atoms with Gasteiger partial charge in [0.2, 0.25) is 21.8 Å². The van der Waals surface area contributed by atoms with Crippen LogP contribution in [0.1, 0.15) is 43.9 Å². The molecule has 1 N–H and O–H groups in total. The van der Waals surface area contributed by atoms with E-state index in [-0.39, 0.29) is 18.5 Å². The lowest BCUT2D eigenvalue weighted by Crippen LogP contribution is -2.52. The molecule has 2 amide bonds. The third kappa shape index (κ3) is 7.46. The monoisotopic (exact) mass is 507 g/mol. The van der Waals surface area contributed by atoms with Crippen molar-refractivity contribution in [3.63, 3.8) is 0 Å². The molecule has 7 nitrogen and oxygen atoms in total. The van der Waals surface area contributed by atoms with E-state index in [2.05, 4.69) is 5.32 Å². The van der Waals surface area contributed by atoms with E-state index < -0.39 is 28.5 Å². The Labute approximate surface area is 208 Å². The molecule has 0 fully saturated rings. The van der Waals surface area contributed by atoms with Crippen LogP contribution in [0.2, 0.25) is 5.02 Å². The summed E-state index contributed by atoms with van der Waals surface area (Å²) in [4.78, 5) is 27.8. The van der Waals surface area contributed by atoms with Crippen LogP contribution in [0, 0.1) is 13.8 Å². The molecule has 186 valence electrons. The van der Waals surface area contributed by atoms with Gasteiger partial charge in [0.1, 0.15) is 12.6 Å². The van der Waals surface area contributed by atoms with Crippen molar-refractivity contribution in [2.45, 2.75) is 59.7 Å². The van der Waals surface area contributed by atoms with Gasteiger partial charge in [-0.05, 0) is 75.1 Å². The molecule has 0 unspecified atom stereocenters. The number of carbonyl (C=O) groups is 2. The lowest BCUT2D eigenvalue weighted by atomic mass is 10.1. The predicted molar refractivity (Wildman–Crippen MR) is 137 cm³/mol. The topological polar surface area (TPSA) is 86.8 Å². The van der Waals surface area contributed by atoms with Gasteiger partial charge in [-0.15, -0.1) is 0 Å². The maximum Gasteiger partial charge on any atom is 0.244 e. The van der Waals surface area contributed by atoms with Gasteiger partial charge >= 0.3 is 0 Å². The molecule has 2 aromatic rings. The highest BCUT2D eigenvalue weighted by atomic mass is 35.5. The normalized spacial score (nSPS) is 13.1. The summed E-state index contributed by atoms with van der Waals surface area (Å²) in [5.74, 6) is -0.794. The molecule has 0 heterocycles. The van der Waals surface area contributed by atoms with E-state index in [0.717, 1.165) is 33.7 Å². The van der Waals surface area contributed by atoms with Gasteiger partial charge in [0, 0.05) is 17.6 Å². The van der Waals surface area contributed by atoms with Crippen LogP contribution >= 0.6 is 11.6 Å². The standard InChI is InChI=1S/C25H34ClN3O4S/c1-7-19(4)27-25(31)20(5)28(15-21-9-8-10-22(26)14-21)24(30)16-29(34(6,32)33)23-12-11-17(2)18(3)13-23/h8-14,19-20H,7,15-16H2,1-6H3,(H,27,31)/t19-,20+/m1/s1. The van der Waals surface area contributed by atoms with Gasteiger partial charge in [0.15, 0.2) is 0 Å². The third-order valence-electron chi connectivity index (χ3n) is 5.87. The summed E-state index contributed by atoms with van der Waals surface area (Å²) in [6.07, 6.45) is 1.81. The van der Waals surface area contributed by atoms with Crippen molar-refractivity contribution in [2.24, 2.45) is 0 Å². The Morgan fingerprint density at radius 3 is 2.29 bits per heavy atom. The first-order chi connectivity index (χ1) is 15.8. The van der Waals surface area contributed by atoms with Crippen molar-refractivity contribution in [3.05, 3.63) is 64.2 Å². The van der Waals surface area contributed by atoms with E-state index in [4.69, 9.17) is 11.6 Å². The third-order valence-corrected chi connectivity index (χ3v) is 7.24. The minimum absolute atomic E-state index is 0.0545. The lowest BCUT2D eigenvalue weighted by molar-refractivity contribution is -0.139. The quantitative estimate of drug-likeness (QED) is 0.525. The molecule has 2 rings (SSSR count). The average molecular weight is 508 g/mol. The SMILES string of the molecule is CC[C@@H](C)NC(=O)[C@H](C)N(Cc1cccc(Cl)c1)C(=O)CN(c1ccc(C)c(C)c1)S(C)(=O)=O. The van der Waals surface area contributed by atoms with E-state index >= 15 is 0 Å². The first-order valence-electron chi connectivity index (χ1n) is 11.2. The van der Waals surface area contributed by atoms with E-state index in [1.54, 1.807) is 37.3 Å². The highest BCUT2D eigenvalue weighted by molar-refractivity contribution is 7.92. The largest absolute Gasteiger partial charge is 0.352 e. The van der Waals surface area contributed by atoms with Crippen LogP contribution in [-0.2, 0) is 26.2 Å². The van der Waals surface area contributed by atoms with Gasteiger partial charge in [-0.3, -0.25) is 13.9 Å². The summed E-state index contributed by atoms with van der Waals surface area (Å²) in [5.41, 5.74) is 3.07. The summed E-state index contributed by atoms with van der Waals surface area (Å²) in [6.45, 7) is 8.98. The van der Waals surface area contributed by atoms with Crippen LogP contribution in [0.25, 0.3) is 0 Å². The molecule has 9 heteroatoms. The molecule has 0 saturated heterocycles. The highest BCUT2D eigenvalue weighted by Gasteiger charge is 2.30. The van der Waals surface area contributed by atoms with Crippen LogP contribution in [0.4, 0.5) is 5.69 Å². The number of rotatable bonds is 10. The Morgan fingerprint density at radius 1 is 1.06 bits per heavy atom. The summed E-state index contributed by atoms with van der Waals surface area (Å²) in [5, 5.41) is 3.41. The number of benzene rings is 2. The maximum absolute atomic E-state index is 13.5. The molecular weight excluding hydrogens is 474 g/mol. The minimum atomic E-state index is -3.76. The Bertz CT molecular complexity index is 1140. The van der Waals surface area contributed by atoms with Gasteiger partial charge in [-0.1, -0.05) is 36.7 Å². The number of hydrogen-bond acceptors (Lipinski definition) is 4. The Morgan fingerprint density at radius 2 is 1.74 bits per heavy atom. The average Bonchev–Trinajstić information content (AvgIpc) is 2.76. The van der Waals surface area contributed by atoms with Crippen molar-refractivity contribution in [1.82, 2.24) is 10.2 Å². The summed E-state index contributed by atoms with van der Waals surface area (Å²) < 4.78 is 26.3. The van der Waals surface area contributed by atoms with Crippen molar-refractivity contribution in [3.8, 4) is 0 Å². The highest BCUT2D eigenvalue weighted by Crippen LogP contribution is 2.22. The smallest absolute Gasteiger partial charge is 0.244 e. The fourth-order valence-electron chi connectivity index (χ4n) is 3.37. The molecule has 0 saturated carbocycles. The summed E-state index contributed by atoms with van der Waals surface area (Å²) in [6, 6.07) is 11.4. The van der Waals surface area contributed by atoms with E-state index in [9.17, 15) is 18.0 Å². The van der Waals surface area contributed by atoms with Gasteiger partial charge in [0.25, 0.3) is 0 Å². The van der Waals surface area contributed by atoms with Crippen LogP contribution in [0.15, 0.2) is 42.5 Å². The number of amides is 2. The zero-order valence-corrected chi connectivity index (χ0v) is 22.2. The maximum atomic E-state index is 13.5. The summed E-state index contributed by atoms with van der Waals surface area (Å²) >= 11 is 6.12. The second kappa shape index (κ2) is 11.7. The molecule has 0 aliphatic rings. The van der Waals surface area contributed by atoms with Gasteiger partial charge < -0.3 is 10.2 Å². The second-order valence-electron chi connectivity index (χ2n) is 8.68. The zero-order valence-electron chi connectivity index (χ0n) is 20.6. The van der Waals surface area contributed by atoms with Crippen LogP contribution in [0.5, 0.6) is 0 Å². The Hall–Kier alpha value is -2.58. The molecule has 0 aromatic heterocycles. The molecule has 0 bridgehead atoms. The molecule has 0 aliphatic carbocycles. The molecule has 34 heavy (non-hydrogen) atoms. The molecular formula is C25H34ClN3O4S. The zero-order chi connectivity index (χ0) is 25.6. The van der Waals surface area contributed by atoms with Crippen LogP contribution in [0.3, 0.4) is 0 Å². The van der Waals surface area contributed by atoms with Gasteiger partial charge in [0.05, 0.1) is 11.9 Å². The molecule has 0 radical (unpaired) electrons. The number of sulfonamides is 1. The first kappa shape index (κ1) is 27.7. The van der Waals surface area contributed by atoms with Crippen LogP contribution in [-0.4, -0.2) is 50.0 Å². The fraction of sp³-hybridized carbons (Fsp3) is 0.440. The number of nitrogens with one attached hydrogen (secondary N) is 1. The number of anilines is 1. The first-order valence-corrected chi connectivity index (χ1v) is 13.4. The van der Waals surface area contributed by atoms with E-state index in [0.29, 0.717) is 10.7 Å². The Balaban J connectivity index is 2.41. The van der Waals surface area contributed by atoms with Crippen molar-refractivity contribution in [1.29, 1.82) is 0 Å². The number of halogens is 1. The number of aryl methyl sites for hydroxylation is 2. The molecule has 2 atom stereocenters. The van der Waals surface area contributed by atoms with Crippen molar-refractivity contribution >= 4 is 39.1 Å². The minimum Gasteiger partial charge on any atom is -0.352 e. The molecule has 0 aliphatic heterocycles. The van der Waals surface area contributed by atoms with Gasteiger partial charge in [-0.25, -0.2) is 8.42 Å². The van der Waals surface area contributed by atoms with E-state index in [1.165, 1.54) is 4.90 Å². The molecule has 0 spiro atoms. The summed E-state index contributed by atoms with van der Waals surface area (Å²) in [7, 11) is -3.76. The second-order valence-corrected chi connectivity index (χ2v) is 11.0. The number of carbonyl (C=O) groups excluding carboxylic acids is 2. The van der Waals surface area contributed by atoms with Crippen molar-refractivity contribution in [2.75, 3.05) is 17.1 Å². The van der Waals surface area contributed by atoms with E-state index in [1.807, 2.05) is 39.8 Å². The lowest BCUT2D eigenvalue weighted by Gasteiger charge is -2.32. The predicted octanol–water partition coefficient (Wildman–Crippen LogP) is 4.05. The number of hydrogen-bond donors (Lipinski definition) is 1. The Kier molecular flexibility index (Phi) is 9.53. The fourth-order valence-corrected chi connectivity index (χ4v) is 4.43.